The highest BCUT2D eigenvalue weighted by Gasteiger charge is 2.07. The Morgan fingerprint density at radius 3 is 1.95 bits per heavy atom. The lowest BCUT2D eigenvalue weighted by atomic mass is 9.92. The maximum atomic E-state index is 5.57. The van der Waals surface area contributed by atoms with Crippen molar-refractivity contribution >= 4 is 0 Å². The Hall–Kier alpha value is -0.120. The maximum absolute atomic E-state index is 5.57. The van der Waals surface area contributed by atoms with E-state index in [0.29, 0.717) is 0 Å². The zero-order chi connectivity index (χ0) is 15.6. The zero-order valence-corrected chi connectivity index (χ0v) is 14.5. The van der Waals surface area contributed by atoms with Crippen molar-refractivity contribution in [1.29, 1.82) is 0 Å². The smallest absolute Gasteiger partial charge is 0.00463 e. The topological polar surface area (TPSA) is 64.1 Å². The Morgan fingerprint density at radius 2 is 1.29 bits per heavy atom. The molecule has 0 fully saturated rings. The molecular weight excluding hydrogens is 258 g/mol. The summed E-state index contributed by atoms with van der Waals surface area (Å²) in [4.78, 5) is 0. The van der Waals surface area contributed by atoms with Gasteiger partial charge in [0.15, 0.2) is 0 Å². The van der Waals surface area contributed by atoms with Crippen molar-refractivity contribution < 1.29 is 0 Å². The van der Waals surface area contributed by atoms with Crippen molar-refractivity contribution in [2.75, 3.05) is 26.2 Å². The Balaban J connectivity index is 3.51. The predicted molar refractivity (Wildman–Crippen MR) is 95.5 cm³/mol. The molecule has 21 heavy (non-hydrogen) atoms. The molecule has 0 heterocycles. The molecule has 5 N–H and O–H groups in total. The highest BCUT2D eigenvalue weighted by atomic mass is 14.8. The summed E-state index contributed by atoms with van der Waals surface area (Å²) in [6, 6.07) is 0. The highest BCUT2D eigenvalue weighted by Crippen LogP contribution is 2.19. The van der Waals surface area contributed by atoms with Crippen LogP contribution in [-0.4, -0.2) is 26.2 Å². The van der Waals surface area contributed by atoms with Gasteiger partial charge in [-0.1, -0.05) is 58.3 Å². The Morgan fingerprint density at radius 1 is 0.667 bits per heavy atom. The van der Waals surface area contributed by atoms with Gasteiger partial charge in [0.05, 0.1) is 0 Å². The van der Waals surface area contributed by atoms with Crippen LogP contribution < -0.4 is 16.8 Å². The van der Waals surface area contributed by atoms with Crippen molar-refractivity contribution in [2.45, 2.75) is 84.0 Å². The van der Waals surface area contributed by atoms with Crippen LogP contribution in [0.25, 0.3) is 0 Å². The third kappa shape index (κ3) is 16.1. The van der Waals surface area contributed by atoms with Crippen molar-refractivity contribution in [1.82, 2.24) is 5.32 Å². The minimum absolute atomic E-state index is 0.844. The van der Waals surface area contributed by atoms with Gasteiger partial charge in [0.2, 0.25) is 0 Å². The zero-order valence-electron chi connectivity index (χ0n) is 14.5. The summed E-state index contributed by atoms with van der Waals surface area (Å²) in [6.45, 7) is 6.37. The molecule has 0 aliphatic carbocycles. The standard InChI is InChI=1S/C18H41N3/c1-2-3-11-18(12-7-6-9-15-20)13-17-21-16-10-5-4-8-14-19/h18,21H,2-17,19-20H2,1H3. The van der Waals surface area contributed by atoms with Gasteiger partial charge in [-0.2, -0.15) is 0 Å². The molecule has 0 amide bonds. The summed E-state index contributed by atoms with van der Waals surface area (Å²) >= 11 is 0. The van der Waals surface area contributed by atoms with Crippen molar-refractivity contribution in [2.24, 2.45) is 17.4 Å². The third-order valence-electron chi connectivity index (χ3n) is 4.32. The van der Waals surface area contributed by atoms with E-state index < -0.39 is 0 Å². The van der Waals surface area contributed by atoms with Crippen LogP contribution in [0.1, 0.15) is 84.0 Å². The van der Waals surface area contributed by atoms with E-state index in [4.69, 9.17) is 11.5 Å². The van der Waals surface area contributed by atoms with Gasteiger partial charge in [-0.05, 0) is 57.8 Å². The lowest BCUT2D eigenvalue weighted by Gasteiger charge is -2.17. The molecule has 0 rings (SSSR count). The summed E-state index contributed by atoms with van der Waals surface area (Å²) in [7, 11) is 0. The number of rotatable bonds is 17. The average Bonchev–Trinajstić information content (AvgIpc) is 2.50. The summed E-state index contributed by atoms with van der Waals surface area (Å²) < 4.78 is 0. The van der Waals surface area contributed by atoms with E-state index in [0.717, 1.165) is 19.0 Å². The van der Waals surface area contributed by atoms with Crippen LogP contribution in [0.3, 0.4) is 0 Å². The molecule has 1 atom stereocenters. The SMILES string of the molecule is CCCCC(CCCCCN)CCNCCCCCCN. The quantitative estimate of drug-likeness (QED) is 0.358. The highest BCUT2D eigenvalue weighted by molar-refractivity contribution is 4.63. The molecule has 3 nitrogen and oxygen atoms in total. The largest absolute Gasteiger partial charge is 0.330 e. The molecule has 0 radical (unpaired) electrons. The van der Waals surface area contributed by atoms with Crippen LogP contribution >= 0.6 is 0 Å². The van der Waals surface area contributed by atoms with Gasteiger partial charge in [0.1, 0.15) is 0 Å². The first-order valence-corrected chi connectivity index (χ1v) is 9.46. The van der Waals surface area contributed by atoms with E-state index in [1.807, 2.05) is 0 Å². The molecule has 0 bridgehead atoms. The fourth-order valence-corrected chi connectivity index (χ4v) is 2.86. The van der Waals surface area contributed by atoms with Crippen molar-refractivity contribution in [3.63, 3.8) is 0 Å². The number of nitrogens with one attached hydrogen (secondary N) is 1. The minimum atomic E-state index is 0.844. The Bertz CT molecular complexity index is 185. The maximum Gasteiger partial charge on any atom is -0.00463 e. The lowest BCUT2D eigenvalue weighted by Crippen LogP contribution is -2.19. The molecular formula is C18H41N3. The summed E-state index contributed by atoms with van der Waals surface area (Å²) in [5, 5.41) is 3.62. The van der Waals surface area contributed by atoms with E-state index in [2.05, 4.69) is 12.2 Å². The molecule has 3 heteroatoms. The molecule has 128 valence electrons. The fourth-order valence-electron chi connectivity index (χ4n) is 2.86. The van der Waals surface area contributed by atoms with E-state index in [1.165, 1.54) is 90.1 Å². The van der Waals surface area contributed by atoms with Crippen LogP contribution in [0, 0.1) is 5.92 Å². The van der Waals surface area contributed by atoms with Crippen LogP contribution in [0.15, 0.2) is 0 Å². The Kier molecular flexibility index (Phi) is 17.8. The predicted octanol–water partition coefficient (Wildman–Crippen LogP) is 3.81. The second-order valence-electron chi connectivity index (χ2n) is 6.39. The van der Waals surface area contributed by atoms with Gasteiger partial charge in [0, 0.05) is 0 Å². The molecule has 0 aromatic heterocycles. The minimum Gasteiger partial charge on any atom is -0.330 e. The van der Waals surface area contributed by atoms with Crippen LogP contribution in [-0.2, 0) is 0 Å². The molecule has 0 aliphatic rings. The van der Waals surface area contributed by atoms with Gasteiger partial charge in [-0.15, -0.1) is 0 Å². The molecule has 0 aromatic carbocycles. The molecule has 0 saturated carbocycles. The summed E-state index contributed by atoms with van der Waals surface area (Å²) in [5.41, 5.74) is 11.1. The summed E-state index contributed by atoms with van der Waals surface area (Å²) in [6.07, 6.45) is 15.9. The van der Waals surface area contributed by atoms with Crippen LogP contribution in [0.2, 0.25) is 0 Å². The first-order valence-electron chi connectivity index (χ1n) is 9.46. The summed E-state index contributed by atoms with van der Waals surface area (Å²) in [5.74, 6) is 0.924. The molecule has 0 aromatic rings. The average molecular weight is 300 g/mol. The molecule has 0 aliphatic heterocycles. The van der Waals surface area contributed by atoms with Gasteiger partial charge < -0.3 is 16.8 Å². The van der Waals surface area contributed by atoms with Crippen LogP contribution in [0.5, 0.6) is 0 Å². The first kappa shape index (κ1) is 20.9. The number of hydrogen-bond acceptors (Lipinski definition) is 3. The van der Waals surface area contributed by atoms with Crippen molar-refractivity contribution in [3.8, 4) is 0 Å². The van der Waals surface area contributed by atoms with Crippen molar-refractivity contribution in [3.05, 3.63) is 0 Å². The van der Waals surface area contributed by atoms with E-state index >= 15 is 0 Å². The van der Waals surface area contributed by atoms with E-state index in [-0.39, 0.29) is 0 Å². The third-order valence-corrected chi connectivity index (χ3v) is 4.32. The second-order valence-corrected chi connectivity index (χ2v) is 6.39. The second kappa shape index (κ2) is 17.9. The van der Waals surface area contributed by atoms with Gasteiger partial charge in [0.25, 0.3) is 0 Å². The van der Waals surface area contributed by atoms with E-state index in [9.17, 15) is 0 Å². The first-order chi connectivity index (χ1) is 10.3. The molecule has 0 spiro atoms. The number of unbranched alkanes of at least 4 members (excludes halogenated alkanes) is 6. The molecule has 1 unspecified atom stereocenters. The lowest BCUT2D eigenvalue weighted by molar-refractivity contribution is 0.379. The number of nitrogens with two attached hydrogens (primary N) is 2. The van der Waals surface area contributed by atoms with Gasteiger partial charge >= 0.3 is 0 Å². The Labute approximate surface area is 133 Å². The molecule has 0 saturated heterocycles. The van der Waals surface area contributed by atoms with Gasteiger partial charge in [-0.3, -0.25) is 0 Å². The number of hydrogen-bond donors (Lipinski definition) is 3. The van der Waals surface area contributed by atoms with Gasteiger partial charge in [-0.25, -0.2) is 0 Å². The van der Waals surface area contributed by atoms with Crippen LogP contribution in [0.4, 0.5) is 0 Å². The van der Waals surface area contributed by atoms with E-state index in [1.54, 1.807) is 0 Å². The monoisotopic (exact) mass is 299 g/mol. The fraction of sp³-hybridized carbons (Fsp3) is 1.00. The normalized spacial score (nSPS) is 12.7.